The van der Waals surface area contributed by atoms with Gasteiger partial charge in [-0.25, -0.2) is 8.42 Å². The third kappa shape index (κ3) is 3.77. The van der Waals surface area contributed by atoms with Gasteiger partial charge in [0.15, 0.2) is 0 Å². The molecule has 0 radical (unpaired) electrons. The highest BCUT2D eigenvalue weighted by Crippen LogP contribution is 2.25. The van der Waals surface area contributed by atoms with Crippen LogP contribution in [0.15, 0.2) is 12.1 Å². The van der Waals surface area contributed by atoms with E-state index in [1.807, 2.05) is 19.1 Å². The van der Waals surface area contributed by atoms with Crippen LogP contribution in [-0.2, 0) is 9.84 Å². The van der Waals surface area contributed by atoms with Gasteiger partial charge in [-0.3, -0.25) is 0 Å². The molecular formula is C9H14O3S2. The molecule has 0 aromatic carbocycles. The van der Waals surface area contributed by atoms with E-state index in [4.69, 9.17) is 0 Å². The summed E-state index contributed by atoms with van der Waals surface area (Å²) in [5, 5.41) is 9.64. The standard InChI is InChI=1S/C9H14O3S2/c1-7-3-4-9(13-7)8(10)5-6-14(2,11)12/h3-4,8,10H,5-6H2,1-2H3. The number of hydrogen-bond acceptors (Lipinski definition) is 4. The summed E-state index contributed by atoms with van der Waals surface area (Å²) in [6, 6.07) is 3.76. The second-order valence-electron chi connectivity index (χ2n) is 3.38. The Morgan fingerprint density at radius 1 is 1.50 bits per heavy atom. The second kappa shape index (κ2) is 4.42. The van der Waals surface area contributed by atoms with E-state index in [-0.39, 0.29) is 12.2 Å². The first kappa shape index (κ1) is 11.7. The fourth-order valence-corrected chi connectivity index (χ4v) is 2.65. The Morgan fingerprint density at radius 2 is 2.14 bits per heavy atom. The normalized spacial score (nSPS) is 14.2. The molecular weight excluding hydrogens is 220 g/mol. The molecule has 1 unspecified atom stereocenters. The zero-order valence-corrected chi connectivity index (χ0v) is 9.86. The van der Waals surface area contributed by atoms with Gasteiger partial charge in [-0.15, -0.1) is 11.3 Å². The quantitative estimate of drug-likeness (QED) is 0.859. The van der Waals surface area contributed by atoms with E-state index in [1.54, 1.807) is 0 Å². The summed E-state index contributed by atoms with van der Waals surface area (Å²) in [5.74, 6) is 0.0329. The van der Waals surface area contributed by atoms with E-state index in [9.17, 15) is 13.5 Å². The SMILES string of the molecule is Cc1ccc(C(O)CCS(C)(=O)=O)s1. The van der Waals surface area contributed by atoms with Gasteiger partial charge in [0, 0.05) is 16.0 Å². The molecule has 0 bridgehead atoms. The van der Waals surface area contributed by atoms with Crippen molar-refractivity contribution in [3.05, 3.63) is 21.9 Å². The first-order valence-corrected chi connectivity index (χ1v) is 7.18. The minimum atomic E-state index is -2.98. The van der Waals surface area contributed by atoms with Crippen LogP contribution in [0, 0.1) is 6.92 Å². The van der Waals surface area contributed by atoms with Crippen molar-refractivity contribution < 1.29 is 13.5 Å². The average molecular weight is 234 g/mol. The van der Waals surface area contributed by atoms with Gasteiger partial charge in [-0.05, 0) is 25.5 Å². The zero-order chi connectivity index (χ0) is 10.8. The number of aryl methyl sites for hydroxylation is 1. The van der Waals surface area contributed by atoms with Crippen molar-refractivity contribution in [3.8, 4) is 0 Å². The van der Waals surface area contributed by atoms with Crippen molar-refractivity contribution >= 4 is 21.2 Å². The number of hydrogen-bond donors (Lipinski definition) is 1. The van der Waals surface area contributed by atoms with Crippen molar-refractivity contribution in [2.24, 2.45) is 0 Å². The summed E-state index contributed by atoms with van der Waals surface area (Å²) in [5.41, 5.74) is 0. The molecule has 0 saturated carbocycles. The molecule has 1 heterocycles. The molecule has 80 valence electrons. The van der Waals surface area contributed by atoms with Crippen molar-refractivity contribution in [1.82, 2.24) is 0 Å². The predicted molar refractivity (Wildman–Crippen MR) is 58.3 cm³/mol. The van der Waals surface area contributed by atoms with Crippen LogP contribution < -0.4 is 0 Å². The Bertz CT molecular complexity index is 392. The van der Waals surface area contributed by atoms with Crippen LogP contribution in [0.2, 0.25) is 0 Å². The summed E-state index contributed by atoms with van der Waals surface area (Å²) < 4.78 is 21.7. The number of thiophene rings is 1. The summed E-state index contributed by atoms with van der Waals surface area (Å²) in [4.78, 5) is 1.96. The molecule has 1 N–H and O–H groups in total. The van der Waals surface area contributed by atoms with Gasteiger partial charge in [0.05, 0.1) is 11.9 Å². The van der Waals surface area contributed by atoms with Crippen LogP contribution in [0.5, 0.6) is 0 Å². The highest BCUT2D eigenvalue weighted by Gasteiger charge is 2.12. The summed E-state index contributed by atoms with van der Waals surface area (Å²) in [6.07, 6.45) is 0.807. The molecule has 0 amide bonds. The van der Waals surface area contributed by atoms with Gasteiger partial charge < -0.3 is 5.11 Å². The molecule has 0 aliphatic carbocycles. The highest BCUT2D eigenvalue weighted by atomic mass is 32.2. The van der Waals surface area contributed by atoms with Crippen molar-refractivity contribution in [2.75, 3.05) is 12.0 Å². The van der Waals surface area contributed by atoms with E-state index in [0.29, 0.717) is 0 Å². The van der Waals surface area contributed by atoms with Gasteiger partial charge >= 0.3 is 0 Å². The Hall–Kier alpha value is -0.390. The van der Waals surface area contributed by atoms with Crippen LogP contribution in [0.25, 0.3) is 0 Å². The molecule has 0 aliphatic heterocycles. The lowest BCUT2D eigenvalue weighted by Gasteiger charge is -2.06. The van der Waals surface area contributed by atoms with E-state index >= 15 is 0 Å². The van der Waals surface area contributed by atoms with Crippen LogP contribution in [0.1, 0.15) is 22.3 Å². The molecule has 1 aromatic heterocycles. The summed E-state index contributed by atoms with van der Waals surface area (Å²) in [7, 11) is -2.98. The third-order valence-electron chi connectivity index (χ3n) is 1.85. The van der Waals surface area contributed by atoms with Crippen molar-refractivity contribution in [2.45, 2.75) is 19.4 Å². The maximum Gasteiger partial charge on any atom is 0.147 e. The second-order valence-corrected chi connectivity index (χ2v) is 6.96. The minimum Gasteiger partial charge on any atom is -0.388 e. The molecule has 0 spiro atoms. The van der Waals surface area contributed by atoms with Gasteiger partial charge in [0.25, 0.3) is 0 Å². The summed E-state index contributed by atoms with van der Waals surface area (Å²) >= 11 is 1.50. The molecule has 0 saturated heterocycles. The monoisotopic (exact) mass is 234 g/mol. The lowest BCUT2D eigenvalue weighted by Crippen LogP contribution is -2.07. The highest BCUT2D eigenvalue weighted by molar-refractivity contribution is 7.90. The van der Waals surface area contributed by atoms with Gasteiger partial charge in [0.1, 0.15) is 9.84 Å². The van der Waals surface area contributed by atoms with Crippen LogP contribution in [-0.4, -0.2) is 25.5 Å². The van der Waals surface area contributed by atoms with E-state index in [0.717, 1.165) is 9.75 Å². The lowest BCUT2D eigenvalue weighted by molar-refractivity contribution is 0.178. The summed E-state index contributed by atoms with van der Waals surface area (Å²) in [6.45, 7) is 1.96. The van der Waals surface area contributed by atoms with Gasteiger partial charge in [-0.1, -0.05) is 0 Å². The number of rotatable bonds is 4. The van der Waals surface area contributed by atoms with E-state index in [1.165, 1.54) is 17.6 Å². The minimum absolute atomic E-state index is 0.0329. The fraction of sp³-hybridized carbons (Fsp3) is 0.556. The topological polar surface area (TPSA) is 54.4 Å². The molecule has 0 fully saturated rings. The maximum absolute atomic E-state index is 10.9. The number of aliphatic hydroxyl groups excluding tert-OH is 1. The fourth-order valence-electron chi connectivity index (χ4n) is 1.10. The van der Waals surface area contributed by atoms with Crippen LogP contribution in [0.3, 0.4) is 0 Å². The van der Waals surface area contributed by atoms with Crippen LogP contribution >= 0.6 is 11.3 Å². The molecule has 3 nitrogen and oxygen atoms in total. The average Bonchev–Trinajstić information content (AvgIpc) is 2.46. The van der Waals surface area contributed by atoms with E-state index < -0.39 is 15.9 Å². The van der Waals surface area contributed by atoms with Gasteiger partial charge in [0.2, 0.25) is 0 Å². The Labute approximate surface area is 88.3 Å². The largest absolute Gasteiger partial charge is 0.388 e. The molecule has 14 heavy (non-hydrogen) atoms. The van der Waals surface area contributed by atoms with Crippen molar-refractivity contribution in [1.29, 1.82) is 0 Å². The molecule has 0 aliphatic rings. The Morgan fingerprint density at radius 3 is 2.57 bits per heavy atom. The number of aliphatic hydroxyl groups is 1. The predicted octanol–water partition coefficient (Wildman–Crippen LogP) is 1.52. The van der Waals surface area contributed by atoms with E-state index in [2.05, 4.69) is 0 Å². The molecule has 1 rings (SSSR count). The first-order chi connectivity index (χ1) is 6.38. The molecule has 1 aromatic rings. The Balaban J connectivity index is 2.55. The lowest BCUT2D eigenvalue weighted by atomic mass is 10.2. The zero-order valence-electron chi connectivity index (χ0n) is 8.23. The van der Waals surface area contributed by atoms with Crippen molar-refractivity contribution in [3.63, 3.8) is 0 Å². The van der Waals surface area contributed by atoms with Crippen LogP contribution in [0.4, 0.5) is 0 Å². The third-order valence-corrected chi connectivity index (χ3v) is 3.93. The Kier molecular flexibility index (Phi) is 3.69. The number of sulfone groups is 1. The molecule has 5 heteroatoms. The van der Waals surface area contributed by atoms with Gasteiger partial charge in [-0.2, -0.15) is 0 Å². The first-order valence-electron chi connectivity index (χ1n) is 4.30. The smallest absolute Gasteiger partial charge is 0.147 e. The maximum atomic E-state index is 10.9. The molecule has 1 atom stereocenters.